The Morgan fingerprint density at radius 1 is 1.40 bits per heavy atom. The van der Waals surface area contributed by atoms with Crippen LogP contribution in [0.1, 0.15) is 12.7 Å². The number of aryl methyl sites for hydroxylation is 2. The molecule has 0 aliphatic heterocycles. The van der Waals surface area contributed by atoms with E-state index >= 15 is 0 Å². The summed E-state index contributed by atoms with van der Waals surface area (Å²) < 4.78 is 25.1. The molecular weight excluding hydrogens is 321 g/mol. The van der Waals surface area contributed by atoms with Crippen molar-refractivity contribution in [2.45, 2.75) is 19.9 Å². The zero-order valence-corrected chi connectivity index (χ0v) is 13.3. The van der Waals surface area contributed by atoms with E-state index in [9.17, 15) is 8.42 Å². The molecule has 5 nitrogen and oxygen atoms in total. The molecule has 0 spiro atoms. The van der Waals surface area contributed by atoms with Crippen molar-refractivity contribution in [1.82, 2.24) is 14.5 Å². The van der Waals surface area contributed by atoms with Gasteiger partial charge in [-0.2, -0.15) is 0 Å². The second-order valence-electron chi connectivity index (χ2n) is 4.35. The fraction of sp³-hybridized carbons (Fsp3) is 0.500. The summed E-state index contributed by atoms with van der Waals surface area (Å²) in [4.78, 5) is 8.67. The molecule has 0 bridgehead atoms. The summed E-state index contributed by atoms with van der Waals surface area (Å²) in [6, 6.07) is 1.71. The van der Waals surface area contributed by atoms with Gasteiger partial charge in [0.15, 0.2) is 15.5 Å². The summed E-state index contributed by atoms with van der Waals surface area (Å²) >= 11 is 11.7. The molecular formula is C12H15Cl2N3O2S. The largest absolute Gasteiger partial charge is 0.312 e. The highest BCUT2D eigenvalue weighted by atomic mass is 35.5. The van der Waals surface area contributed by atoms with E-state index in [4.69, 9.17) is 23.2 Å². The van der Waals surface area contributed by atoms with Crippen LogP contribution in [0, 0.1) is 0 Å². The summed E-state index contributed by atoms with van der Waals surface area (Å²) in [5, 5.41) is 0.501. The summed E-state index contributed by atoms with van der Waals surface area (Å²) in [6.07, 6.45) is 2.09. The van der Waals surface area contributed by atoms with Gasteiger partial charge in [0.25, 0.3) is 0 Å². The quantitative estimate of drug-likeness (QED) is 0.760. The Bertz CT molecular complexity index is 713. The number of hydrogen-bond acceptors (Lipinski definition) is 4. The maximum atomic E-state index is 11.7. The SMILES string of the molecule is CCS(=O)(=O)CCn1c(CCCl)nc2cc(Cl)cnc21. The number of halogens is 2. The van der Waals surface area contributed by atoms with Crippen LogP contribution < -0.4 is 0 Å². The van der Waals surface area contributed by atoms with Gasteiger partial charge in [-0.05, 0) is 6.07 Å². The normalized spacial score (nSPS) is 12.2. The molecule has 2 rings (SSSR count). The van der Waals surface area contributed by atoms with Crippen molar-refractivity contribution in [3.63, 3.8) is 0 Å². The molecule has 2 aromatic rings. The third-order valence-corrected chi connectivity index (χ3v) is 5.09. The van der Waals surface area contributed by atoms with E-state index in [-0.39, 0.29) is 11.5 Å². The lowest BCUT2D eigenvalue weighted by molar-refractivity contribution is 0.589. The van der Waals surface area contributed by atoms with Crippen molar-refractivity contribution in [2.24, 2.45) is 0 Å². The lowest BCUT2D eigenvalue weighted by Crippen LogP contribution is -2.16. The summed E-state index contributed by atoms with van der Waals surface area (Å²) in [5.41, 5.74) is 1.30. The molecule has 0 aliphatic carbocycles. The topological polar surface area (TPSA) is 64.8 Å². The second kappa shape index (κ2) is 6.28. The van der Waals surface area contributed by atoms with E-state index in [1.54, 1.807) is 17.6 Å². The number of aromatic nitrogens is 3. The van der Waals surface area contributed by atoms with Crippen LogP contribution in [0.15, 0.2) is 12.3 Å². The minimum absolute atomic E-state index is 0.0640. The first-order valence-corrected chi connectivity index (χ1v) is 8.97. The molecule has 20 heavy (non-hydrogen) atoms. The third kappa shape index (κ3) is 3.42. The Labute approximate surface area is 127 Å². The van der Waals surface area contributed by atoms with Crippen molar-refractivity contribution in [3.8, 4) is 0 Å². The molecule has 2 aromatic heterocycles. The molecule has 8 heteroatoms. The number of nitrogens with zero attached hydrogens (tertiary/aromatic N) is 3. The molecule has 0 saturated carbocycles. The smallest absolute Gasteiger partial charge is 0.160 e. The Balaban J connectivity index is 2.41. The number of fused-ring (bicyclic) bond motifs is 1. The molecule has 0 radical (unpaired) electrons. The standard InChI is InChI=1S/C12H15Cl2N3O2S/c1-2-20(18,19)6-5-17-11(3-4-13)16-10-7-9(14)8-15-12(10)17/h7-8H,2-6H2,1H3. The molecule has 0 aromatic carbocycles. The first-order chi connectivity index (χ1) is 9.46. The molecule has 0 atom stereocenters. The predicted molar refractivity (Wildman–Crippen MR) is 81.3 cm³/mol. The molecule has 0 fully saturated rings. The second-order valence-corrected chi connectivity index (χ2v) is 7.64. The Hall–Kier alpha value is -0.850. The molecule has 0 unspecified atom stereocenters. The summed E-state index contributed by atoms with van der Waals surface area (Å²) in [5.74, 6) is 1.34. The van der Waals surface area contributed by atoms with Crippen LogP contribution in [0.3, 0.4) is 0 Å². The molecule has 0 N–H and O–H groups in total. The van der Waals surface area contributed by atoms with Crippen LogP contribution >= 0.6 is 23.2 Å². The van der Waals surface area contributed by atoms with E-state index in [1.807, 2.05) is 0 Å². The Morgan fingerprint density at radius 3 is 2.80 bits per heavy atom. The van der Waals surface area contributed by atoms with Gasteiger partial charge in [0.1, 0.15) is 11.3 Å². The van der Waals surface area contributed by atoms with Gasteiger partial charge in [0.2, 0.25) is 0 Å². The maximum absolute atomic E-state index is 11.7. The molecule has 0 saturated heterocycles. The molecule has 2 heterocycles. The lowest BCUT2D eigenvalue weighted by atomic mass is 10.4. The van der Waals surface area contributed by atoms with Crippen molar-refractivity contribution in [3.05, 3.63) is 23.1 Å². The van der Waals surface area contributed by atoms with Crippen LogP contribution in [0.5, 0.6) is 0 Å². The summed E-state index contributed by atoms with van der Waals surface area (Å²) in [6.45, 7) is 1.96. The highest BCUT2D eigenvalue weighted by Crippen LogP contribution is 2.19. The van der Waals surface area contributed by atoms with Gasteiger partial charge < -0.3 is 4.57 Å². The number of imidazole rings is 1. The van der Waals surface area contributed by atoms with Gasteiger partial charge in [-0.1, -0.05) is 18.5 Å². The molecule has 0 amide bonds. The number of sulfone groups is 1. The van der Waals surface area contributed by atoms with Crippen LogP contribution in [0.4, 0.5) is 0 Å². The maximum Gasteiger partial charge on any atom is 0.160 e. The zero-order chi connectivity index (χ0) is 14.8. The van der Waals surface area contributed by atoms with Crippen LogP contribution in [-0.2, 0) is 22.8 Å². The minimum Gasteiger partial charge on any atom is -0.312 e. The fourth-order valence-electron chi connectivity index (χ4n) is 1.92. The lowest BCUT2D eigenvalue weighted by Gasteiger charge is -2.07. The van der Waals surface area contributed by atoms with Crippen molar-refractivity contribution in [2.75, 3.05) is 17.4 Å². The van der Waals surface area contributed by atoms with Crippen LogP contribution in [0.25, 0.3) is 11.2 Å². The van der Waals surface area contributed by atoms with Gasteiger partial charge in [-0.25, -0.2) is 18.4 Å². The minimum atomic E-state index is -3.04. The van der Waals surface area contributed by atoms with Crippen molar-refractivity contribution >= 4 is 44.2 Å². The van der Waals surface area contributed by atoms with Crippen molar-refractivity contribution in [1.29, 1.82) is 0 Å². The summed E-state index contributed by atoms with van der Waals surface area (Å²) in [7, 11) is -3.04. The highest BCUT2D eigenvalue weighted by Gasteiger charge is 2.15. The van der Waals surface area contributed by atoms with E-state index in [2.05, 4.69) is 9.97 Å². The first-order valence-electron chi connectivity index (χ1n) is 6.24. The number of alkyl halides is 1. The van der Waals surface area contributed by atoms with E-state index in [1.165, 1.54) is 6.20 Å². The van der Waals surface area contributed by atoms with E-state index in [0.29, 0.717) is 35.0 Å². The monoisotopic (exact) mass is 335 g/mol. The van der Waals surface area contributed by atoms with Gasteiger partial charge >= 0.3 is 0 Å². The van der Waals surface area contributed by atoms with Crippen LogP contribution in [0.2, 0.25) is 5.02 Å². The van der Waals surface area contributed by atoms with E-state index < -0.39 is 9.84 Å². The average molecular weight is 336 g/mol. The third-order valence-electron chi connectivity index (χ3n) is 3.01. The van der Waals surface area contributed by atoms with Crippen molar-refractivity contribution < 1.29 is 8.42 Å². The predicted octanol–water partition coefficient (Wildman–Crippen LogP) is 2.30. The number of hydrogen-bond donors (Lipinski definition) is 0. The highest BCUT2D eigenvalue weighted by molar-refractivity contribution is 7.91. The average Bonchev–Trinajstić information content (AvgIpc) is 2.73. The van der Waals surface area contributed by atoms with Gasteiger partial charge in [0, 0.05) is 30.8 Å². The molecule has 0 aliphatic rings. The van der Waals surface area contributed by atoms with E-state index in [0.717, 1.165) is 5.82 Å². The Morgan fingerprint density at radius 2 is 2.15 bits per heavy atom. The number of pyridine rings is 1. The fourth-order valence-corrected chi connectivity index (χ4v) is 2.99. The number of rotatable bonds is 6. The van der Waals surface area contributed by atoms with Gasteiger partial charge in [-0.3, -0.25) is 0 Å². The Kier molecular flexibility index (Phi) is 4.88. The van der Waals surface area contributed by atoms with Gasteiger partial charge in [-0.15, -0.1) is 11.6 Å². The first kappa shape index (κ1) is 15.5. The zero-order valence-electron chi connectivity index (χ0n) is 11.0. The van der Waals surface area contributed by atoms with Crippen LogP contribution in [-0.4, -0.2) is 40.3 Å². The molecule has 110 valence electrons. The van der Waals surface area contributed by atoms with Gasteiger partial charge in [0.05, 0.1) is 10.8 Å².